The number of rotatable bonds is 6. The van der Waals surface area contributed by atoms with Crippen LogP contribution < -0.4 is 10.1 Å². The Kier molecular flexibility index (Phi) is 5.95. The van der Waals surface area contributed by atoms with E-state index in [9.17, 15) is 15.0 Å². The predicted octanol–water partition coefficient (Wildman–Crippen LogP) is 2.46. The quantitative estimate of drug-likeness (QED) is 0.611. The van der Waals surface area contributed by atoms with Crippen molar-refractivity contribution in [3.63, 3.8) is 0 Å². The molecule has 0 aromatic carbocycles. The van der Waals surface area contributed by atoms with Crippen molar-refractivity contribution < 1.29 is 24.9 Å². The Morgan fingerprint density at radius 2 is 2.07 bits per heavy atom. The second kappa shape index (κ2) is 8.39. The molecule has 27 heavy (non-hydrogen) atoms. The number of aromatic nitrogens is 2. The number of aromatic hydroxyl groups is 1. The van der Waals surface area contributed by atoms with Gasteiger partial charge in [-0.25, -0.2) is 9.78 Å². The summed E-state index contributed by atoms with van der Waals surface area (Å²) < 4.78 is 5.15. The number of hydrogen-bond acceptors (Lipinski definition) is 6. The lowest BCUT2D eigenvalue weighted by Crippen LogP contribution is -2.37. The summed E-state index contributed by atoms with van der Waals surface area (Å²) in [4.78, 5) is 19.3. The van der Waals surface area contributed by atoms with Crippen molar-refractivity contribution in [3.8, 4) is 11.6 Å². The molecular formula is C19H25N3O5. The largest absolute Gasteiger partial charge is 0.506 e. The fourth-order valence-electron chi connectivity index (χ4n) is 3.83. The van der Waals surface area contributed by atoms with Gasteiger partial charge in [0.25, 0.3) is 0 Å². The van der Waals surface area contributed by atoms with Crippen LogP contribution in [0, 0.1) is 5.92 Å². The van der Waals surface area contributed by atoms with Crippen molar-refractivity contribution in [2.24, 2.45) is 5.92 Å². The molecule has 4 N–H and O–H groups in total. The molecule has 1 saturated carbocycles. The molecule has 8 heteroatoms. The van der Waals surface area contributed by atoms with E-state index in [1.165, 1.54) is 13.3 Å². The molecule has 1 amide bonds. The van der Waals surface area contributed by atoms with Gasteiger partial charge < -0.3 is 25.4 Å². The molecule has 2 aromatic rings. The number of carboxylic acid groups (broad SMARTS) is 1. The van der Waals surface area contributed by atoms with Crippen LogP contribution in [0.2, 0.25) is 0 Å². The van der Waals surface area contributed by atoms with Crippen molar-refractivity contribution in [1.82, 2.24) is 15.3 Å². The van der Waals surface area contributed by atoms with Crippen LogP contribution in [0.15, 0.2) is 18.3 Å². The fourth-order valence-corrected chi connectivity index (χ4v) is 3.83. The molecule has 2 heterocycles. The number of methoxy groups -OCH3 is 1. The van der Waals surface area contributed by atoms with Crippen molar-refractivity contribution in [2.75, 3.05) is 7.11 Å². The Balaban J connectivity index is 1.65. The number of nitrogens with one attached hydrogen (secondary N) is 1. The summed E-state index contributed by atoms with van der Waals surface area (Å²) in [6.45, 7) is 0. The van der Waals surface area contributed by atoms with Gasteiger partial charge in [0.15, 0.2) is 0 Å². The Hall–Kier alpha value is -2.61. The molecule has 146 valence electrons. The van der Waals surface area contributed by atoms with Gasteiger partial charge >= 0.3 is 6.09 Å². The number of aliphatic hydroxyl groups excluding tert-OH is 1. The number of ether oxygens (including phenoxy) is 1. The van der Waals surface area contributed by atoms with Gasteiger partial charge in [-0.15, -0.1) is 0 Å². The lowest BCUT2D eigenvalue weighted by atomic mass is 9.82. The Morgan fingerprint density at radius 3 is 2.74 bits per heavy atom. The Bertz CT molecular complexity index is 805. The normalized spacial score (nSPS) is 21.0. The van der Waals surface area contributed by atoms with E-state index in [4.69, 9.17) is 9.84 Å². The highest BCUT2D eigenvalue weighted by atomic mass is 16.5. The van der Waals surface area contributed by atoms with E-state index in [0.29, 0.717) is 34.8 Å². The highest BCUT2D eigenvalue weighted by molar-refractivity contribution is 5.80. The number of aliphatic hydroxyl groups is 1. The van der Waals surface area contributed by atoms with Crippen LogP contribution in [0.25, 0.3) is 11.0 Å². The van der Waals surface area contributed by atoms with Crippen molar-refractivity contribution >= 4 is 17.1 Å². The lowest BCUT2D eigenvalue weighted by Gasteiger charge is -2.29. The van der Waals surface area contributed by atoms with Crippen LogP contribution in [-0.2, 0) is 6.42 Å². The Morgan fingerprint density at radius 1 is 1.33 bits per heavy atom. The fraction of sp³-hybridized carbons (Fsp3) is 0.526. The van der Waals surface area contributed by atoms with E-state index < -0.39 is 12.2 Å². The zero-order chi connectivity index (χ0) is 19.4. The van der Waals surface area contributed by atoms with E-state index in [2.05, 4.69) is 15.3 Å². The summed E-state index contributed by atoms with van der Waals surface area (Å²) in [5, 5.41) is 32.1. The summed E-state index contributed by atoms with van der Waals surface area (Å²) in [6, 6.07) is 3.48. The monoisotopic (exact) mass is 375 g/mol. The maximum absolute atomic E-state index is 10.7. The smallest absolute Gasteiger partial charge is 0.404 e. The molecule has 0 spiro atoms. The van der Waals surface area contributed by atoms with Crippen LogP contribution in [0.4, 0.5) is 4.79 Å². The third-order valence-electron chi connectivity index (χ3n) is 5.20. The summed E-state index contributed by atoms with van der Waals surface area (Å²) in [5.74, 6) is 0.774. The zero-order valence-electron chi connectivity index (χ0n) is 15.3. The van der Waals surface area contributed by atoms with Gasteiger partial charge in [0.2, 0.25) is 5.88 Å². The van der Waals surface area contributed by atoms with Crippen molar-refractivity contribution in [1.29, 1.82) is 0 Å². The molecule has 2 aromatic heterocycles. The second-order valence-electron chi connectivity index (χ2n) is 7.10. The first-order valence-electron chi connectivity index (χ1n) is 9.15. The number of pyridine rings is 2. The van der Waals surface area contributed by atoms with E-state index in [1.807, 2.05) is 0 Å². The first kappa shape index (κ1) is 19.2. The molecule has 1 unspecified atom stereocenters. The van der Waals surface area contributed by atoms with Gasteiger partial charge in [-0.3, -0.25) is 4.98 Å². The first-order valence-corrected chi connectivity index (χ1v) is 9.15. The molecule has 0 aliphatic heterocycles. The highest BCUT2D eigenvalue weighted by Gasteiger charge is 2.25. The van der Waals surface area contributed by atoms with Gasteiger partial charge in [-0.2, -0.15) is 0 Å². The van der Waals surface area contributed by atoms with Gasteiger partial charge in [-0.05, 0) is 44.1 Å². The number of nitrogens with zero attached hydrogens (tertiary/aromatic N) is 2. The molecule has 0 bridgehead atoms. The molecule has 3 rings (SSSR count). The van der Waals surface area contributed by atoms with Gasteiger partial charge in [0.1, 0.15) is 5.75 Å². The zero-order valence-corrected chi connectivity index (χ0v) is 15.3. The van der Waals surface area contributed by atoms with Crippen LogP contribution in [0.1, 0.15) is 37.7 Å². The summed E-state index contributed by atoms with van der Waals surface area (Å²) in [5.41, 5.74) is 1.73. The number of fused-ring (bicyclic) bond motifs is 1. The third kappa shape index (κ3) is 4.77. The Labute approximate surface area is 157 Å². The molecule has 0 radical (unpaired) electrons. The molecule has 1 aliphatic rings. The molecule has 1 fully saturated rings. The van der Waals surface area contributed by atoms with E-state index in [1.54, 1.807) is 12.1 Å². The van der Waals surface area contributed by atoms with E-state index in [-0.39, 0.29) is 18.2 Å². The van der Waals surface area contributed by atoms with Crippen molar-refractivity contribution in [2.45, 2.75) is 50.7 Å². The summed E-state index contributed by atoms with van der Waals surface area (Å²) >= 11 is 0. The minimum Gasteiger partial charge on any atom is -0.506 e. The molecule has 1 atom stereocenters. The standard InChI is InChI=1S/C19H25N3O5/c1-27-17-7-6-15-18(22-17)14(16(24)10-20-15)9-13(23)8-11-2-4-12(5-3-11)21-19(25)26/h6-7,10-13,21,23-24H,2-5,8-9H2,1H3,(H,25,26)/t11-,12-,13?. The average Bonchev–Trinajstić information content (AvgIpc) is 2.65. The summed E-state index contributed by atoms with van der Waals surface area (Å²) in [6.07, 6.45) is 3.96. The molecular weight excluding hydrogens is 350 g/mol. The minimum absolute atomic E-state index is 0.000688. The number of hydrogen-bond donors (Lipinski definition) is 4. The number of amides is 1. The van der Waals surface area contributed by atoms with Gasteiger partial charge in [0, 0.05) is 24.1 Å². The topological polar surface area (TPSA) is 125 Å². The highest BCUT2D eigenvalue weighted by Crippen LogP contribution is 2.31. The van der Waals surface area contributed by atoms with Crippen molar-refractivity contribution in [3.05, 3.63) is 23.9 Å². The van der Waals surface area contributed by atoms with Crippen LogP contribution in [0.3, 0.4) is 0 Å². The van der Waals surface area contributed by atoms with Crippen LogP contribution in [0.5, 0.6) is 11.6 Å². The minimum atomic E-state index is -0.985. The summed E-state index contributed by atoms with van der Waals surface area (Å²) in [7, 11) is 1.52. The lowest BCUT2D eigenvalue weighted by molar-refractivity contribution is 0.123. The maximum atomic E-state index is 10.7. The second-order valence-corrected chi connectivity index (χ2v) is 7.10. The van der Waals surface area contributed by atoms with Crippen LogP contribution >= 0.6 is 0 Å². The van der Waals surface area contributed by atoms with Gasteiger partial charge in [0.05, 0.1) is 30.4 Å². The molecule has 8 nitrogen and oxygen atoms in total. The molecule has 1 aliphatic carbocycles. The first-order chi connectivity index (χ1) is 13.0. The SMILES string of the molecule is COc1ccc2ncc(O)c(CC(O)C[C@H]3CC[C@H](NC(=O)O)CC3)c2n1. The van der Waals surface area contributed by atoms with E-state index in [0.717, 1.165) is 25.7 Å². The number of carbonyl (C=O) groups is 1. The third-order valence-corrected chi connectivity index (χ3v) is 5.20. The van der Waals surface area contributed by atoms with Gasteiger partial charge in [-0.1, -0.05) is 0 Å². The van der Waals surface area contributed by atoms with Crippen LogP contribution in [-0.4, -0.2) is 50.6 Å². The molecule has 0 saturated heterocycles. The van der Waals surface area contributed by atoms with E-state index >= 15 is 0 Å². The predicted molar refractivity (Wildman–Crippen MR) is 99.0 cm³/mol. The maximum Gasteiger partial charge on any atom is 0.404 e. The average molecular weight is 375 g/mol.